The average Bonchev–Trinajstić information content (AvgIpc) is 2.77. The van der Waals surface area contributed by atoms with E-state index in [0.717, 1.165) is 23.0 Å². The average molecular weight is 260 g/mol. The summed E-state index contributed by atoms with van der Waals surface area (Å²) in [6, 6.07) is 9.20. The molecule has 1 N–H and O–H groups in total. The molecular weight excluding hydrogens is 250 g/mol. The first-order chi connectivity index (χ1) is 9.15. The molecule has 0 aliphatic heterocycles. The Bertz CT molecular complexity index is 729. The third kappa shape index (κ3) is 2.03. The predicted octanol–water partition coefficient (Wildman–Crippen LogP) is 3.07. The molecular formula is C14H10F2N2O. The molecule has 0 saturated carbocycles. The topological polar surface area (TPSA) is 38.0 Å². The van der Waals surface area contributed by atoms with E-state index in [1.165, 1.54) is 4.68 Å². The highest BCUT2D eigenvalue weighted by molar-refractivity contribution is 5.78. The summed E-state index contributed by atoms with van der Waals surface area (Å²) in [5.74, 6) is -1.99. The van der Waals surface area contributed by atoms with Crippen LogP contribution in [-0.2, 0) is 6.54 Å². The van der Waals surface area contributed by atoms with Crippen LogP contribution in [0.4, 0.5) is 8.78 Å². The SMILES string of the molecule is Oc1cc(F)c(Cn2ncc3ccccc32)c(F)c1. The van der Waals surface area contributed by atoms with Gasteiger partial charge in [-0.2, -0.15) is 5.10 Å². The molecule has 0 atom stereocenters. The summed E-state index contributed by atoms with van der Waals surface area (Å²) in [7, 11) is 0. The van der Waals surface area contributed by atoms with E-state index in [1.807, 2.05) is 24.3 Å². The van der Waals surface area contributed by atoms with Crippen LogP contribution in [0.5, 0.6) is 5.75 Å². The predicted molar refractivity (Wildman–Crippen MR) is 66.9 cm³/mol. The highest BCUT2D eigenvalue weighted by Crippen LogP contribution is 2.22. The molecule has 2 aromatic carbocycles. The second-order valence-electron chi connectivity index (χ2n) is 4.25. The molecule has 1 aromatic heterocycles. The van der Waals surface area contributed by atoms with Crippen molar-refractivity contribution in [1.82, 2.24) is 9.78 Å². The number of hydrogen-bond acceptors (Lipinski definition) is 2. The number of rotatable bonds is 2. The van der Waals surface area contributed by atoms with Gasteiger partial charge in [0, 0.05) is 23.1 Å². The van der Waals surface area contributed by atoms with E-state index in [4.69, 9.17) is 5.11 Å². The van der Waals surface area contributed by atoms with Crippen molar-refractivity contribution >= 4 is 10.9 Å². The Balaban J connectivity index is 2.06. The molecule has 0 radical (unpaired) electrons. The number of aromatic hydroxyl groups is 1. The van der Waals surface area contributed by atoms with Crippen molar-refractivity contribution in [3.63, 3.8) is 0 Å². The van der Waals surface area contributed by atoms with Gasteiger partial charge < -0.3 is 5.11 Å². The number of aromatic nitrogens is 2. The van der Waals surface area contributed by atoms with E-state index in [2.05, 4.69) is 5.10 Å². The van der Waals surface area contributed by atoms with Crippen LogP contribution in [0.15, 0.2) is 42.6 Å². The van der Waals surface area contributed by atoms with Gasteiger partial charge in [0.25, 0.3) is 0 Å². The van der Waals surface area contributed by atoms with Crippen LogP contribution in [0.1, 0.15) is 5.56 Å². The van der Waals surface area contributed by atoms with Crippen LogP contribution in [-0.4, -0.2) is 14.9 Å². The molecule has 0 aliphatic rings. The third-order valence-corrected chi connectivity index (χ3v) is 2.98. The molecule has 0 spiro atoms. The highest BCUT2D eigenvalue weighted by atomic mass is 19.1. The van der Waals surface area contributed by atoms with Crippen molar-refractivity contribution in [2.75, 3.05) is 0 Å². The van der Waals surface area contributed by atoms with Gasteiger partial charge in [0.1, 0.15) is 17.4 Å². The second kappa shape index (κ2) is 4.35. The molecule has 0 saturated heterocycles. The van der Waals surface area contributed by atoms with Crippen LogP contribution in [0, 0.1) is 11.6 Å². The van der Waals surface area contributed by atoms with Crippen LogP contribution in [0.2, 0.25) is 0 Å². The Morgan fingerprint density at radius 1 is 1.11 bits per heavy atom. The van der Waals surface area contributed by atoms with Gasteiger partial charge in [-0.05, 0) is 6.07 Å². The summed E-state index contributed by atoms with van der Waals surface area (Å²) in [5.41, 5.74) is 0.682. The lowest BCUT2D eigenvalue weighted by Crippen LogP contribution is -2.06. The fourth-order valence-electron chi connectivity index (χ4n) is 2.04. The largest absolute Gasteiger partial charge is 0.508 e. The number of para-hydroxylation sites is 1. The summed E-state index contributed by atoms with van der Waals surface area (Å²) >= 11 is 0. The summed E-state index contributed by atoms with van der Waals surface area (Å²) < 4.78 is 28.8. The van der Waals surface area contributed by atoms with Gasteiger partial charge in [-0.15, -0.1) is 0 Å². The minimum atomic E-state index is -0.780. The molecule has 3 nitrogen and oxygen atoms in total. The molecule has 5 heteroatoms. The molecule has 96 valence electrons. The monoisotopic (exact) mass is 260 g/mol. The fraction of sp³-hybridized carbons (Fsp3) is 0.0714. The Labute approximate surface area is 107 Å². The zero-order chi connectivity index (χ0) is 13.4. The lowest BCUT2D eigenvalue weighted by molar-refractivity contribution is 0.454. The molecule has 19 heavy (non-hydrogen) atoms. The molecule has 3 aromatic rings. The molecule has 0 amide bonds. The number of phenols is 1. The molecule has 1 heterocycles. The van der Waals surface area contributed by atoms with E-state index >= 15 is 0 Å². The maximum Gasteiger partial charge on any atom is 0.134 e. The van der Waals surface area contributed by atoms with Gasteiger partial charge in [-0.3, -0.25) is 4.68 Å². The number of fused-ring (bicyclic) bond motifs is 1. The van der Waals surface area contributed by atoms with E-state index in [0.29, 0.717) is 0 Å². The molecule has 0 unspecified atom stereocenters. The number of nitrogens with zero attached hydrogens (tertiary/aromatic N) is 2. The van der Waals surface area contributed by atoms with Crippen LogP contribution in [0.25, 0.3) is 10.9 Å². The van der Waals surface area contributed by atoms with Gasteiger partial charge in [0.15, 0.2) is 0 Å². The summed E-state index contributed by atoms with van der Waals surface area (Å²) in [4.78, 5) is 0. The number of benzene rings is 2. The van der Waals surface area contributed by atoms with Crippen molar-refractivity contribution < 1.29 is 13.9 Å². The Kier molecular flexibility index (Phi) is 2.67. The van der Waals surface area contributed by atoms with Gasteiger partial charge in [-0.1, -0.05) is 18.2 Å². The maximum atomic E-state index is 13.7. The Hall–Kier alpha value is -2.43. The van der Waals surface area contributed by atoms with Crippen molar-refractivity contribution in [1.29, 1.82) is 0 Å². The van der Waals surface area contributed by atoms with Gasteiger partial charge >= 0.3 is 0 Å². The fourth-order valence-corrected chi connectivity index (χ4v) is 2.04. The first-order valence-electron chi connectivity index (χ1n) is 5.72. The standard InChI is InChI=1S/C14H10F2N2O/c15-12-5-10(19)6-13(16)11(12)8-18-14-4-2-1-3-9(14)7-17-18/h1-7,19H,8H2. The van der Waals surface area contributed by atoms with E-state index in [1.54, 1.807) is 6.20 Å². The first kappa shape index (κ1) is 11.6. The molecule has 0 bridgehead atoms. The number of hydrogen-bond donors (Lipinski definition) is 1. The zero-order valence-corrected chi connectivity index (χ0v) is 9.85. The Morgan fingerprint density at radius 3 is 2.53 bits per heavy atom. The lowest BCUT2D eigenvalue weighted by Gasteiger charge is -2.07. The van der Waals surface area contributed by atoms with Crippen molar-refractivity contribution in [2.24, 2.45) is 0 Å². The van der Waals surface area contributed by atoms with Crippen LogP contribution in [0.3, 0.4) is 0 Å². The highest BCUT2D eigenvalue weighted by Gasteiger charge is 2.13. The Morgan fingerprint density at radius 2 is 1.79 bits per heavy atom. The summed E-state index contributed by atoms with van der Waals surface area (Å²) in [6.07, 6.45) is 1.64. The summed E-state index contributed by atoms with van der Waals surface area (Å²) in [6.45, 7) is -0.0224. The van der Waals surface area contributed by atoms with Crippen LogP contribution < -0.4 is 0 Å². The van der Waals surface area contributed by atoms with Crippen molar-refractivity contribution in [2.45, 2.75) is 6.54 Å². The lowest BCUT2D eigenvalue weighted by atomic mass is 10.2. The minimum Gasteiger partial charge on any atom is -0.508 e. The first-order valence-corrected chi connectivity index (χ1v) is 5.72. The normalized spacial score (nSPS) is 11.1. The third-order valence-electron chi connectivity index (χ3n) is 2.98. The van der Waals surface area contributed by atoms with E-state index in [9.17, 15) is 8.78 Å². The maximum absolute atomic E-state index is 13.7. The number of phenolic OH excluding ortho intramolecular Hbond substituents is 1. The van der Waals surface area contributed by atoms with Crippen LogP contribution >= 0.6 is 0 Å². The second-order valence-corrected chi connectivity index (χ2v) is 4.25. The van der Waals surface area contributed by atoms with Crippen molar-refractivity contribution in [3.8, 4) is 5.75 Å². The molecule has 0 fully saturated rings. The molecule has 0 aliphatic carbocycles. The number of halogens is 2. The zero-order valence-electron chi connectivity index (χ0n) is 9.85. The molecule has 3 rings (SSSR count). The van der Waals surface area contributed by atoms with E-state index in [-0.39, 0.29) is 12.1 Å². The van der Waals surface area contributed by atoms with Gasteiger partial charge in [0.2, 0.25) is 0 Å². The van der Waals surface area contributed by atoms with Gasteiger partial charge in [-0.25, -0.2) is 8.78 Å². The van der Waals surface area contributed by atoms with Crippen molar-refractivity contribution in [3.05, 3.63) is 59.8 Å². The van der Waals surface area contributed by atoms with E-state index < -0.39 is 17.4 Å². The quantitative estimate of drug-likeness (QED) is 0.769. The smallest absolute Gasteiger partial charge is 0.134 e. The van der Waals surface area contributed by atoms with Gasteiger partial charge in [0.05, 0.1) is 18.3 Å². The summed E-state index contributed by atoms with van der Waals surface area (Å²) in [5, 5.41) is 14.1. The minimum absolute atomic E-state index is 0.0224.